The van der Waals surface area contributed by atoms with E-state index in [1.54, 1.807) is 11.8 Å². The first-order valence-corrected chi connectivity index (χ1v) is 3.03. The van der Waals surface area contributed by atoms with Gasteiger partial charge in [-0.15, -0.1) is 11.8 Å². The Kier molecular flexibility index (Phi) is 1.27. The van der Waals surface area contributed by atoms with E-state index in [4.69, 9.17) is 11.6 Å². The quantitative estimate of drug-likeness (QED) is 0.485. The van der Waals surface area contributed by atoms with Gasteiger partial charge in [0.05, 0.1) is 5.88 Å². The lowest BCUT2D eigenvalue weighted by Gasteiger charge is -1.84. The summed E-state index contributed by atoms with van der Waals surface area (Å²) in [5.41, 5.74) is 0. The monoisotopic (exact) mass is 121 g/mol. The number of rotatable bonds is 0. The van der Waals surface area contributed by atoms with Crippen LogP contribution < -0.4 is 5.32 Å². The molecule has 0 amide bonds. The normalized spacial score (nSPS) is 19.8. The standard InChI is InChI=1S/C3H4ClNS/c4-3-1-6-2-5-3/h1,5H,2H2. The van der Waals surface area contributed by atoms with Crippen LogP contribution >= 0.6 is 23.4 Å². The van der Waals surface area contributed by atoms with Crippen LogP contribution in [0.1, 0.15) is 0 Å². The fourth-order valence-electron chi connectivity index (χ4n) is 0.267. The zero-order chi connectivity index (χ0) is 4.41. The average molecular weight is 122 g/mol. The molecule has 0 bridgehead atoms. The second-order valence-electron chi connectivity index (χ2n) is 0.954. The maximum absolute atomic E-state index is 5.44. The van der Waals surface area contributed by atoms with Crippen molar-refractivity contribution in [2.45, 2.75) is 0 Å². The van der Waals surface area contributed by atoms with E-state index in [1.165, 1.54) is 0 Å². The number of nitrogens with one attached hydrogen (secondary N) is 1. The zero-order valence-electron chi connectivity index (χ0n) is 3.07. The lowest BCUT2D eigenvalue weighted by molar-refractivity contribution is 1.06. The summed E-state index contributed by atoms with van der Waals surface area (Å²) < 4.78 is 0. The molecule has 0 unspecified atom stereocenters. The summed E-state index contributed by atoms with van der Waals surface area (Å²) in [5.74, 6) is 0.929. The van der Waals surface area contributed by atoms with E-state index in [0.29, 0.717) is 0 Å². The molecule has 1 aliphatic rings. The van der Waals surface area contributed by atoms with E-state index in [-0.39, 0.29) is 0 Å². The smallest absolute Gasteiger partial charge is 0.109 e. The highest BCUT2D eigenvalue weighted by molar-refractivity contribution is 8.02. The summed E-state index contributed by atoms with van der Waals surface area (Å²) in [7, 11) is 0. The largest absolute Gasteiger partial charge is 0.366 e. The summed E-state index contributed by atoms with van der Waals surface area (Å²) in [5, 5.41) is 5.56. The fraction of sp³-hybridized carbons (Fsp3) is 0.333. The van der Waals surface area contributed by atoms with Crippen LogP contribution in [0.4, 0.5) is 0 Å². The second-order valence-corrected chi connectivity index (χ2v) is 2.22. The Balaban J connectivity index is 2.45. The van der Waals surface area contributed by atoms with Gasteiger partial charge in [0.15, 0.2) is 0 Å². The van der Waals surface area contributed by atoms with Crippen LogP contribution in [-0.2, 0) is 0 Å². The minimum Gasteiger partial charge on any atom is -0.366 e. The van der Waals surface area contributed by atoms with E-state index in [9.17, 15) is 0 Å². The molecule has 0 atom stereocenters. The predicted molar refractivity (Wildman–Crippen MR) is 29.5 cm³/mol. The lowest BCUT2D eigenvalue weighted by atomic mass is 11.0. The van der Waals surface area contributed by atoms with Crippen LogP contribution in [0.5, 0.6) is 0 Å². The minimum atomic E-state index is 0.764. The molecule has 6 heavy (non-hydrogen) atoms. The fourth-order valence-corrected chi connectivity index (χ4v) is 1.15. The molecule has 1 N–H and O–H groups in total. The van der Waals surface area contributed by atoms with Gasteiger partial charge in [0.25, 0.3) is 0 Å². The van der Waals surface area contributed by atoms with Crippen molar-refractivity contribution in [1.29, 1.82) is 0 Å². The SMILES string of the molecule is ClC1=CSCN1. The number of hydrogen-bond acceptors (Lipinski definition) is 2. The average Bonchev–Trinajstić information content (AvgIpc) is 1.86. The van der Waals surface area contributed by atoms with Crippen LogP contribution in [0.25, 0.3) is 0 Å². The van der Waals surface area contributed by atoms with Gasteiger partial charge in [-0.25, -0.2) is 0 Å². The van der Waals surface area contributed by atoms with Gasteiger partial charge >= 0.3 is 0 Å². The molecule has 0 spiro atoms. The van der Waals surface area contributed by atoms with Crippen LogP contribution in [-0.4, -0.2) is 5.88 Å². The summed E-state index contributed by atoms with van der Waals surface area (Å²) in [6.45, 7) is 0. The van der Waals surface area contributed by atoms with Crippen molar-refractivity contribution >= 4 is 23.4 Å². The molecule has 0 saturated carbocycles. The highest BCUT2D eigenvalue weighted by atomic mass is 35.5. The molecule has 0 fully saturated rings. The first-order valence-electron chi connectivity index (χ1n) is 1.61. The number of hydrogen-bond donors (Lipinski definition) is 1. The molecule has 0 aromatic carbocycles. The van der Waals surface area contributed by atoms with Gasteiger partial charge in [0.2, 0.25) is 0 Å². The Bertz CT molecular complexity index is 80.9. The Morgan fingerprint density at radius 3 is 3.00 bits per heavy atom. The maximum Gasteiger partial charge on any atom is 0.109 e. The third kappa shape index (κ3) is 0.820. The predicted octanol–water partition coefficient (Wildman–Crippen LogP) is 1.32. The van der Waals surface area contributed by atoms with Gasteiger partial charge in [0, 0.05) is 5.41 Å². The molecule has 34 valence electrons. The Morgan fingerprint density at radius 2 is 2.83 bits per heavy atom. The number of halogens is 1. The first-order chi connectivity index (χ1) is 2.89. The van der Waals surface area contributed by atoms with E-state index in [0.717, 1.165) is 11.0 Å². The molecule has 0 aromatic rings. The van der Waals surface area contributed by atoms with E-state index in [2.05, 4.69) is 5.32 Å². The summed E-state index contributed by atoms with van der Waals surface area (Å²) in [4.78, 5) is 0. The second kappa shape index (κ2) is 1.76. The van der Waals surface area contributed by atoms with Crippen LogP contribution in [0.3, 0.4) is 0 Å². The van der Waals surface area contributed by atoms with Gasteiger partial charge in [-0.1, -0.05) is 11.6 Å². The molecule has 1 heterocycles. The Labute approximate surface area is 45.7 Å². The summed E-state index contributed by atoms with van der Waals surface area (Å²) in [6.07, 6.45) is 0. The molecule has 1 aliphatic heterocycles. The minimum absolute atomic E-state index is 0.764. The first kappa shape index (κ1) is 4.34. The molecule has 0 aliphatic carbocycles. The molecule has 1 nitrogen and oxygen atoms in total. The highest BCUT2D eigenvalue weighted by Gasteiger charge is 1.95. The van der Waals surface area contributed by atoms with Crippen molar-refractivity contribution in [3.8, 4) is 0 Å². The molecular formula is C3H4ClNS. The van der Waals surface area contributed by atoms with Crippen molar-refractivity contribution in [1.82, 2.24) is 5.32 Å². The number of thioether (sulfide) groups is 1. The molecular weight excluding hydrogens is 118 g/mol. The van der Waals surface area contributed by atoms with Crippen molar-refractivity contribution in [3.05, 3.63) is 10.6 Å². The molecule has 0 radical (unpaired) electrons. The van der Waals surface area contributed by atoms with E-state index in [1.807, 2.05) is 5.41 Å². The molecule has 0 aromatic heterocycles. The van der Waals surface area contributed by atoms with E-state index >= 15 is 0 Å². The third-order valence-corrected chi connectivity index (χ3v) is 1.60. The zero-order valence-corrected chi connectivity index (χ0v) is 4.64. The lowest BCUT2D eigenvalue weighted by Crippen LogP contribution is -1.99. The van der Waals surface area contributed by atoms with Crippen molar-refractivity contribution in [3.63, 3.8) is 0 Å². The van der Waals surface area contributed by atoms with Crippen LogP contribution in [0, 0.1) is 0 Å². The summed E-state index contributed by atoms with van der Waals surface area (Å²) >= 11 is 7.12. The van der Waals surface area contributed by atoms with Gasteiger partial charge < -0.3 is 5.32 Å². The van der Waals surface area contributed by atoms with Crippen molar-refractivity contribution in [2.75, 3.05) is 5.88 Å². The van der Waals surface area contributed by atoms with Gasteiger partial charge in [-0.2, -0.15) is 0 Å². The van der Waals surface area contributed by atoms with Gasteiger partial charge in [-0.3, -0.25) is 0 Å². The molecule has 0 saturated heterocycles. The summed E-state index contributed by atoms with van der Waals surface area (Å²) in [6, 6.07) is 0. The van der Waals surface area contributed by atoms with Crippen molar-refractivity contribution < 1.29 is 0 Å². The molecule has 3 heteroatoms. The van der Waals surface area contributed by atoms with Crippen LogP contribution in [0.15, 0.2) is 10.6 Å². The van der Waals surface area contributed by atoms with Crippen molar-refractivity contribution in [2.24, 2.45) is 0 Å². The maximum atomic E-state index is 5.44. The highest BCUT2D eigenvalue weighted by Crippen LogP contribution is 2.13. The van der Waals surface area contributed by atoms with Gasteiger partial charge in [0.1, 0.15) is 5.16 Å². The van der Waals surface area contributed by atoms with Gasteiger partial charge in [-0.05, 0) is 0 Å². The third-order valence-electron chi connectivity index (χ3n) is 0.511. The molecule has 1 rings (SSSR count). The van der Waals surface area contributed by atoms with E-state index < -0.39 is 0 Å². The Morgan fingerprint density at radius 1 is 2.00 bits per heavy atom. The topological polar surface area (TPSA) is 12.0 Å². The Hall–Kier alpha value is 0.180. The van der Waals surface area contributed by atoms with Crippen LogP contribution in [0.2, 0.25) is 0 Å².